The summed E-state index contributed by atoms with van der Waals surface area (Å²) in [5.41, 5.74) is 2.38. The standard InChI is InChI=1S/C15H20ClNOS/c1-11-2-3-14(13(16)8-11)17-12-4-6-18-15(9-12)5-7-19-10-15/h2-3,8,12,17H,4-7,9-10H2,1H3. The maximum Gasteiger partial charge on any atom is 0.0799 e. The summed E-state index contributed by atoms with van der Waals surface area (Å²) in [6.45, 7) is 2.93. The van der Waals surface area contributed by atoms with Gasteiger partial charge in [0.25, 0.3) is 0 Å². The van der Waals surface area contributed by atoms with Crippen LogP contribution in [0.2, 0.25) is 5.02 Å². The van der Waals surface area contributed by atoms with E-state index in [1.165, 1.54) is 17.7 Å². The van der Waals surface area contributed by atoms with Crippen LogP contribution in [-0.4, -0.2) is 29.8 Å². The fraction of sp³-hybridized carbons (Fsp3) is 0.600. The number of anilines is 1. The van der Waals surface area contributed by atoms with Gasteiger partial charge in [-0.2, -0.15) is 11.8 Å². The van der Waals surface area contributed by atoms with Crippen LogP contribution in [-0.2, 0) is 4.74 Å². The molecule has 2 fully saturated rings. The van der Waals surface area contributed by atoms with E-state index in [2.05, 4.69) is 24.4 Å². The van der Waals surface area contributed by atoms with Crippen LogP contribution in [0.15, 0.2) is 18.2 Å². The van der Waals surface area contributed by atoms with E-state index in [-0.39, 0.29) is 5.60 Å². The summed E-state index contributed by atoms with van der Waals surface area (Å²) in [6.07, 6.45) is 3.36. The van der Waals surface area contributed by atoms with Gasteiger partial charge in [0.15, 0.2) is 0 Å². The summed E-state index contributed by atoms with van der Waals surface area (Å²) in [6, 6.07) is 6.69. The molecule has 2 heterocycles. The van der Waals surface area contributed by atoms with Crippen molar-refractivity contribution in [3.63, 3.8) is 0 Å². The topological polar surface area (TPSA) is 21.3 Å². The van der Waals surface area contributed by atoms with Crippen LogP contribution >= 0.6 is 23.4 Å². The number of halogens is 1. The molecule has 4 heteroatoms. The van der Waals surface area contributed by atoms with E-state index in [1.807, 2.05) is 17.8 Å². The highest BCUT2D eigenvalue weighted by molar-refractivity contribution is 7.99. The number of benzene rings is 1. The number of hydrogen-bond acceptors (Lipinski definition) is 3. The number of thioether (sulfide) groups is 1. The molecule has 2 saturated heterocycles. The third-order valence-electron chi connectivity index (χ3n) is 4.04. The maximum absolute atomic E-state index is 6.30. The Morgan fingerprint density at radius 1 is 1.47 bits per heavy atom. The molecule has 1 aromatic rings. The average molecular weight is 298 g/mol. The molecule has 1 spiro atoms. The minimum Gasteiger partial charge on any atom is -0.381 e. The van der Waals surface area contributed by atoms with Crippen LogP contribution in [0, 0.1) is 6.92 Å². The molecule has 0 bridgehead atoms. The molecule has 2 unspecified atom stereocenters. The summed E-state index contributed by atoms with van der Waals surface area (Å²) in [4.78, 5) is 0. The minimum absolute atomic E-state index is 0.123. The third-order valence-corrected chi connectivity index (χ3v) is 5.58. The summed E-state index contributed by atoms with van der Waals surface area (Å²) in [7, 11) is 0. The van der Waals surface area contributed by atoms with Crippen molar-refractivity contribution >= 4 is 29.1 Å². The second kappa shape index (κ2) is 5.55. The molecule has 19 heavy (non-hydrogen) atoms. The fourth-order valence-corrected chi connectivity index (χ4v) is 4.64. The van der Waals surface area contributed by atoms with Gasteiger partial charge >= 0.3 is 0 Å². The van der Waals surface area contributed by atoms with Crippen LogP contribution in [0.5, 0.6) is 0 Å². The molecular formula is C15H20ClNOS. The van der Waals surface area contributed by atoms with Crippen LogP contribution < -0.4 is 5.32 Å². The van der Waals surface area contributed by atoms with Gasteiger partial charge in [0.05, 0.1) is 16.3 Å². The first-order chi connectivity index (χ1) is 9.17. The Balaban J connectivity index is 1.69. The second-order valence-corrected chi connectivity index (χ2v) is 7.16. The summed E-state index contributed by atoms with van der Waals surface area (Å²) < 4.78 is 6.05. The number of nitrogens with one attached hydrogen (secondary N) is 1. The van der Waals surface area contributed by atoms with Gasteiger partial charge in [0, 0.05) is 18.4 Å². The molecule has 1 aromatic carbocycles. The molecule has 0 amide bonds. The number of hydrogen-bond donors (Lipinski definition) is 1. The van der Waals surface area contributed by atoms with Crippen LogP contribution in [0.25, 0.3) is 0 Å². The smallest absolute Gasteiger partial charge is 0.0799 e. The number of ether oxygens (including phenoxy) is 1. The molecule has 104 valence electrons. The van der Waals surface area contributed by atoms with E-state index in [0.29, 0.717) is 6.04 Å². The van der Waals surface area contributed by atoms with Crippen molar-refractivity contribution in [2.45, 2.75) is 37.8 Å². The van der Waals surface area contributed by atoms with E-state index < -0.39 is 0 Å². The highest BCUT2D eigenvalue weighted by Gasteiger charge is 2.40. The predicted octanol–water partition coefficient (Wildman–Crippen LogP) is 4.12. The van der Waals surface area contributed by atoms with Gasteiger partial charge in [0.2, 0.25) is 0 Å². The molecule has 2 aliphatic rings. The Kier molecular flexibility index (Phi) is 3.97. The highest BCUT2D eigenvalue weighted by atomic mass is 35.5. The summed E-state index contributed by atoms with van der Waals surface area (Å²) >= 11 is 8.32. The van der Waals surface area contributed by atoms with Crippen LogP contribution in [0.1, 0.15) is 24.8 Å². The van der Waals surface area contributed by atoms with Gasteiger partial charge in [-0.15, -0.1) is 0 Å². The molecule has 3 rings (SSSR count). The Hall–Kier alpha value is -0.380. The Morgan fingerprint density at radius 2 is 2.37 bits per heavy atom. The zero-order chi connectivity index (χ0) is 13.3. The average Bonchev–Trinajstić information content (AvgIpc) is 2.81. The molecule has 2 atom stereocenters. The number of rotatable bonds is 2. The van der Waals surface area contributed by atoms with E-state index >= 15 is 0 Å². The van der Waals surface area contributed by atoms with E-state index in [4.69, 9.17) is 16.3 Å². The van der Waals surface area contributed by atoms with Gasteiger partial charge in [-0.25, -0.2) is 0 Å². The molecule has 1 N–H and O–H groups in total. The van der Waals surface area contributed by atoms with Crippen LogP contribution in [0.4, 0.5) is 5.69 Å². The highest BCUT2D eigenvalue weighted by Crippen LogP contribution is 2.39. The lowest BCUT2D eigenvalue weighted by Crippen LogP contribution is -2.44. The van der Waals surface area contributed by atoms with Crippen molar-refractivity contribution < 1.29 is 4.74 Å². The maximum atomic E-state index is 6.30. The van der Waals surface area contributed by atoms with Gasteiger partial charge in [-0.1, -0.05) is 17.7 Å². The molecular weight excluding hydrogens is 278 g/mol. The first kappa shape index (κ1) is 13.6. The summed E-state index contributed by atoms with van der Waals surface area (Å²) in [5.74, 6) is 2.38. The normalized spacial score (nSPS) is 30.7. The van der Waals surface area contributed by atoms with Crippen molar-refractivity contribution in [2.24, 2.45) is 0 Å². The lowest BCUT2D eigenvalue weighted by molar-refractivity contribution is -0.0628. The minimum atomic E-state index is 0.123. The third kappa shape index (κ3) is 3.04. The summed E-state index contributed by atoms with van der Waals surface area (Å²) in [5, 5.41) is 4.43. The van der Waals surface area contributed by atoms with E-state index in [1.54, 1.807) is 0 Å². The first-order valence-corrected chi connectivity index (χ1v) is 8.45. The molecule has 2 aliphatic heterocycles. The van der Waals surface area contributed by atoms with Crippen molar-refractivity contribution in [1.82, 2.24) is 0 Å². The van der Waals surface area contributed by atoms with Crippen LogP contribution in [0.3, 0.4) is 0 Å². The van der Waals surface area contributed by atoms with Crippen molar-refractivity contribution in [1.29, 1.82) is 0 Å². The van der Waals surface area contributed by atoms with Gasteiger partial charge in [0.1, 0.15) is 0 Å². The Morgan fingerprint density at radius 3 is 3.11 bits per heavy atom. The number of aryl methyl sites for hydroxylation is 1. The quantitative estimate of drug-likeness (QED) is 0.887. The van der Waals surface area contributed by atoms with Crippen molar-refractivity contribution in [2.75, 3.05) is 23.4 Å². The van der Waals surface area contributed by atoms with E-state index in [9.17, 15) is 0 Å². The zero-order valence-electron chi connectivity index (χ0n) is 11.2. The Bertz CT molecular complexity index is 459. The van der Waals surface area contributed by atoms with Crippen molar-refractivity contribution in [3.05, 3.63) is 28.8 Å². The fourth-order valence-electron chi connectivity index (χ4n) is 2.97. The van der Waals surface area contributed by atoms with Gasteiger partial charge < -0.3 is 10.1 Å². The predicted molar refractivity (Wildman–Crippen MR) is 83.5 cm³/mol. The molecule has 0 radical (unpaired) electrons. The Labute approximate surface area is 124 Å². The van der Waals surface area contributed by atoms with Gasteiger partial charge in [-0.05, 0) is 49.6 Å². The zero-order valence-corrected chi connectivity index (χ0v) is 12.8. The van der Waals surface area contributed by atoms with Gasteiger partial charge in [-0.3, -0.25) is 0 Å². The largest absolute Gasteiger partial charge is 0.381 e. The molecule has 0 aromatic heterocycles. The van der Waals surface area contributed by atoms with Crippen molar-refractivity contribution in [3.8, 4) is 0 Å². The lowest BCUT2D eigenvalue weighted by Gasteiger charge is -2.38. The molecule has 2 nitrogen and oxygen atoms in total. The van der Waals surface area contributed by atoms with E-state index in [0.717, 1.165) is 35.9 Å². The SMILES string of the molecule is Cc1ccc(NC2CCOC3(CCSC3)C2)c(Cl)c1. The molecule has 0 aliphatic carbocycles. The molecule has 0 saturated carbocycles. The first-order valence-electron chi connectivity index (χ1n) is 6.91. The second-order valence-electron chi connectivity index (χ2n) is 5.65. The lowest BCUT2D eigenvalue weighted by atomic mass is 9.89. The monoisotopic (exact) mass is 297 g/mol.